The van der Waals surface area contributed by atoms with E-state index in [4.69, 9.17) is 5.73 Å². The minimum absolute atomic E-state index is 0.0723. The standard InChI is InChI=1S/C31H26F7NO4S/c1-29(35,31(36,37)38)19-3-9-23-16(12-19)2-8-22-17(15-26(40)18-13-24(33)27(28(39)41)25(34)14-18)10-11-30(22,23)44(42,43)21-6-4-20(32)5-7-21/h3-7,9,12-14,17,22H,2,8,10-11,15H2,1H3,(H2,39,41)/t17-,22-,29?,30-/m0/s1. The molecule has 44 heavy (non-hydrogen) atoms. The van der Waals surface area contributed by atoms with Crippen LogP contribution in [0.25, 0.3) is 0 Å². The molecule has 0 bridgehead atoms. The number of alkyl halides is 4. The number of hydrogen-bond acceptors (Lipinski definition) is 4. The number of ketones is 1. The second-order valence-corrected chi connectivity index (χ2v) is 13.7. The summed E-state index contributed by atoms with van der Waals surface area (Å²) in [5, 5.41) is 0. The third-order valence-corrected chi connectivity index (χ3v) is 11.7. The Labute approximate surface area is 248 Å². The van der Waals surface area contributed by atoms with Gasteiger partial charge in [0.1, 0.15) is 27.8 Å². The quantitative estimate of drug-likeness (QED) is 0.173. The van der Waals surface area contributed by atoms with Crippen molar-refractivity contribution in [2.45, 2.75) is 60.5 Å². The van der Waals surface area contributed by atoms with Gasteiger partial charge in [0.25, 0.3) is 5.91 Å². The average Bonchev–Trinajstić information content (AvgIpc) is 3.32. The van der Waals surface area contributed by atoms with Gasteiger partial charge in [-0.2, -0.15) is 13.2 Å². The lowest BCUT2D eigenvalue weighted by Gasteiger charge is -2.43. The van der Waals surface area contributed by atoms with Crippen LogP contribution in [0.2, 0.25) is 0 Å². The molecule has 1 unspecified atom stereocenters. The maximum Gasteiger partial charge on any atom is 0.426 e. The number of sulfone groups is 1. The summed E-state index contributed by atoms with van der Waals surface area (Å²) in [6.45, 7) is 0.379. The van der Waals surface area contributed by atoms with E-state index in [1.54, 1.807) is 0 Å². The predicted molar refractivity (Wildman–Crippen MR) is 145 cm³/mol. The molecule has 3 aromatic rings. The van der Waals surface area contributed by atoms with Crippen molar-refractivity contribution in [1.82, 2.24) is 0 Å². The molecule has 0 heterocycles. The maximum atomic E-state index is 14.9. The van der Waals surface area contributed by atoms with Gasteiger partial charge in [-0.05, 0) is 97.5 Å². The Bertz CT molecular complexity index is 1750. The molecule has 3 aromatic carbocycles. The van der Waals surface area contributed by atoms with E-state index in [1.807, 2.05) is 0 Å². The Balaban J connectivity index is 1.59. The van der Waals surface area contributed by atoms with Crippen LogP contribution in [0.1, 0.15) is 70.0 Å². The van der Waals surface area contributed by atoms with Crippen LogP contribution in [-0.2, 0) is 26.7 Å². The summed E-state index contributed by atoms with van der Waals surface area (Å²) in [5.74, 6) is -6.87. The second kappa shape index (κ2) is 10.7. The molecule has 1 saturated carbocycles. The average molecular weight is 642 g/mol. The number of Topliss-reactive ketones (excluding diaryl/α,β-unsaturated/α-hetero) is 1. The first-order chi connectivity index (χ1) is 20.4. The van der Waals surface area contributed by atoms with Crippen molar-refractivity contribution in [2.24, 2.45) is 17.6 Å². The minimum Gasteiger partial charge on any atom is -0.365 e. The Morgan fingerprint density at radius 2 is 1.55 bits per heavy atom. The molecule has 1 fully saturated rings. The lowest BCUT2D eigenvalue weighted by atomic mass is 9.71. The van der Waals surface area contributed by atoms with Gasteiger partial charge in [-0.1, -0.05) is 18.2 Å². The number of hydrogen-bond donors (Lipinski definition) is 1. The molecule has 0 aromatic heterocycles. The normalized spacial score (nSPS) is 23.0. The summed E-state index contributed by atoms with van der Waals surface area (Å²) in [6, 6.07) is 8.52. The Morgan fingerprint density at radius 1 is 0.932 bits per heavy atom. The second-order valence-electron chi connectivity index (χ2n) is 11.5. The van der Waals surface area contributed by atoms with Gasteiger partial charge in [0.15, 0.2) is 15.6 Å². The first-order valence-electron chi connectivity index (χ1n) is 13.6. The number of rotatable bonds is 7. The highest BCUT2D eigenvalue weighted by molar-refractivity contribution is 7.92. The lowest BCUT2D eigenvalue weighted by Crippen LogP contribution is -2.45. The highest BCUT2D eigenvalue weighted by atomic mass is 32.2. The van der Waals surface area contributed by atoms with Gasteiger partial charge in [0.2, 0.25) is 5.67 Å². The highest BCUT2D eigenvalue weighted by Crippen LogP contribution is 2.60. The molecule has 2 aliphatic carbocycles. The Morgan fingerprint density at radius 3 is 2.11 bits per heavy atom. The van der Waals surface area contributed by atoms with Gasteiger partial charge in [-0.3, -0.25) is 9.59 Å². The van der Waals surface area contributed by atoms with Crippen LogP contribution in [0.15, 0.2) is 59.5 Å². The minimum atomic E-state index is -5.23. The van der Waals surface area contributed by atoms with Crippen LogP contribution < -0.4 is 5.73 Å². The molecule has 4 atom stereocenters. The van der Waals surface area contributed by atoms with E-state index in [9.17, 15) is 48.7 Å². The van der Waals surface area contributed by atoms with Crippen molar-refractivity contribution in [2.75, 3.05) is 0 Å². The van der Waals surface area contributed by atoms with E-state index in [0.29, 0.717) is 19.1 Å². The number of aryl methyl sites for hydroxylation is 1. The van der Waals surface area contributed by atoms with Gasteiger partial charge in [0, 0.05) is 12.0 Å². The molecule has 234 valence electrons. The first-order valence-corrected chi connectivity index (χ1v) is 15.1. The topological polar surface area (TPSA) is 94.3 Å². The summed E-state index contributed by atoms with van der Waals surface area (Å²) in [5.41, 5.74) is -0.434. The zero-order valence-corrected chi connectivity index (χ0v) is 24.0. The molecule has 2 aliphatic rings. The zero-order valence-electron chi connectivity index (χ0n) is 23.2. The fraction of sp³-hybridized carbons (Fsp3) is 0.355. The van der Waals surface area contributed by atoms with Crippen LogP contribution in [0.3, 0.4) is 0 Å². The summed E-state index contributed by atoms with van der Waals surface area (Å²) in [7, 11) is -4.39. The van der Waals surface area contributed by atoms with Crippen molar-refractivity contribution >= 4 is 21.5 Å². The first kappa shape index (κ1) is 31.7. The lowest BCUT2D eigenvalue weighted by molar-refractivity contribution is -0.228. The molecule has 2 N–H and O–H groups in total. The molecule has 5 rings (SSSR count). The Kier molecular flexibility index (Phi) is 7.71. The van der Waals surface area contributed by atoms with Gasteiger partial charge in [-0.25, -0.2) is 26.0 Å². The van der Waals surface area contributed by atoms with E-state index >= 15 is 0 Å². The van der Waals surface area contributed by atoms with Gasteiger partial charge < -0.3 is 5.73 Å². The molecule has 0 spiro atoms. The number of nitrogens with two attached hydrogens (primary N) is 1. The van der Waals surface area contributed by atoms with E-state index in [1.165, 1.54) is 6.07 Å². The van der Waals surface area contributed by atoms with E-state index in [-0.39, 0.29) is 53.7 Å². The molecular weight excluding hydrogens is 615 g/mol. The monoisotopic (exact) mass is 641 g/mol. The maximum absolute atomic E-state index is 14.9. The molecule has 0 aliphatic heterocycles. The molecular formula is C31H26F7NO4S. The number of carbonyl (C=O) groups is 2. The van der Waals surface area contributed by atoms with E-state index < -0.39 is 78.5 Å². The van der Waals surface area contributed by atoms with Crippen LogP contribution in [0.4, 0.5) is 30.7 Å². The van der Waals surface area contributed by atoms with E-state index in [2.05, 4.69) is 0 Å². The predicted octanol–water partition coefficient (Wildman–Crippen LogP) is 6.86. The fourth-order valence-electron chi connectivity index (χ4n) is 6.82. The number of carbonyl (C=O) groups excluding carboxylic acids is 2. The van der Waals surface area contributed by atoms with Gasteiger partial charge in [0.05, 0.1) is 4.90 Å². The molecule has 0 radical (unpaired) electrons. The van der Waals surface area contributed by atoms with Crippen LogP contribution >= 0.6 is 0 Å². The molecule has 5 nitrogen and oxygen atoms in total. The van der Waals surface area contributed by atoms with Gasteiger partial charge in [-0.15, -0.1) is 0 Å². The van der Waals surface area contributed by atoms with Crippen molar-refractivity contribution in [3.8, 4) is 0 Å². The third-order valence-electron chi connectivity index (χ3n) is 9.08. The number of primary amides is 1. The Hall–Kier alpha value is -3.74. The van der Waals surface area contributed by atoms with Crippen molar-refractivity contribution in [3.05, 3.63) is 99.9 Å². The van der Waals surface area contributed by atoms with Crippen molar-refractivity contribution < 1.29 is 48.7 Å². The van der Waals surface area contributed by atoms with Gasteiger partial charge >= 0.3 is 6.18 Å². The summed E-state index contributed by atoms with van der Waals surface area (Å²) in [4.78, 5) is 24.3. The molecule has 0 saturated heterocycles. The number of fused-ring (bicyclic) bond motifs is 3. The van der Waals surface area contributed by atoms with Crippen molar-refractivity contribution in [1.29, 1.82) is 0 Å². The summed E-state index contributed by atoms with van der Waals surface area (Å²) in [6.07, 6.45) is -5.33. The number of benzene rings is 3. The molecule has 1 amide bonds. The summed E-state index contributed by atoms with van der Waals surface area (Å²) >= 11 is 0. The third kappa shape index (κ3) is 4.89. The highest BCUT2D eigenvalue weighted by Gasteiger charge is 2.61. The number of halogens is 7. The van der Waals surface area contributed by atoms with E-state index in [0.717, 1.165) is 36.4 Å². The summed E-state index contributed by atoms with van der Waals surface area (Å²) < 4.78 is 125. The largest absolute Gasteiger partial charge is 0.426 e. The van der Waals surface area contributed by atoms with Crippen LogP contribution in [0.5, 0.6) is 0 Å². The zero-order chi connectivity index (χ0) is 32.4. The fourth-order valence-corrected chi connectivity index (χ4v) is 9.32. The number of amides is 1. The smallest absolute Gasteiger partial charge is 0.365 e. The SMILES string of the molecule is CC(F)(c1ccc2c(c1)CC[C@H]1[C@H](CC(=O)c3cc(F)c(C(N)=O)c(F)c3)CC[C@@]21S(=O)(=O)c1ccc(F)cc1)C(F)(F)F. The van der Waals surface area contributed by atoms with Crippen LogP contribution in [-0.4, -0.2) is 26.3 Å². The van der Waals surface area contributed by atoms with Crippen molar-refractivity contribution in [3.63, 3.8) is 0 Å². The van der Waals surface area contributed by atoms with Crippen LogP contribution in [0, 0.1) is 29.3 Å². The molecule has 13 heteroatoms.